The van der Waals surface area contributed by atoms with E-state index in [2.05, 4.69) is 4.98 Å². The van der Waals surface area contributed by atoms with Gasteiger partial charge in [0.05, 0.1) is 0 Å². The molecule has 2 aromatic carbocycles. The zero-order valence-electron chi connectivity index (χ0n) is 8.87. The van der Waals surface area contributed by atoms with Crippen molar-refractivity contribution in [2.24, 2.45) is 0 Å². The molecule has 0 aliphatic heterocycles. The third-order valence-electron chi connectivity index (χ3n) is 2.81. The molecule has 0 radical (unpaired) electrons. The summed E-state index contributed by atoms with van der Waals surface area (Å²) in [7, 11) is 0. The maximum absolute atomic E-state index is 13.2. The molecule has 0 fully saturated rings. The van der Waals surface area contributed by atoms with Gasteiger partial charge in [-0.2, -0.15) is 0 Å². The van der Waals surface area contributed by atoms with Crippen molar-refractivity contribution in [3.63, 3.8) is 0 Å². The van der Waals surface area contributed by atoms with Crippen LogP contribution in [0, 0.1) is 11.6 Å². The summed E-state index contributed by atoms with van der Waals surface area (Å²) < 4.78 is 26.3. The van der Waals surface area contributed by atoms with Gasteiger partial charge in [0.25, 0.3) is 0 Å². The van der Waals surface area contributed by atoms with Gasteiger partial charge in [-0.3, -0.25) is 0 Å². The fourth-order valence-electron chi connectivity index (χ4n) is 1.97. The fourth-order valence-corrected chi connectivity index (χ4v) is 1.97. The molecule has 3 rings (SSSR count). The van der Waals surface area contributed by atoms with E-state index in [0.29, 0.717) is 10.9 Å². The predicted octanol–water partition coefficient (Wildman–Crippen LogP) is 4.11. The first-order valence-corrected chi connectivity index (χ1v) is 5.27. The Kier molecular flexibility index (Phi) is 2.18. The molecular weight excluding hydrogens is 220 g/mol. The highest BCUT2D eigenvalue weighted by Crippen LogP contribution is 2.29. The van der Waals surface area contributed by atoms with E-state index < -0.39 is 11.6 Å². The zero-order valence-corrected chi connectivity index (χ0v) is 8.87. The summed E-state index contributed by atoms with van der Waals surface area (Å²) >= 11 is 0. The second-order valence-corrected chi connectivity index (χ2v) is 3.88. The summed E-state index contributed by atoms with van der Waals surface area (Å²) in [6.07, 6.45) is 1.76. The van der Waals surface area contributed by atoms with Crippen molar-refractivity contribution in [2.75, 3.05) is 0 Å². The van der Waals surface area contributed by atoms with Crippen LogP contribution in [0.4, 0.5) is 8.78 Å². The first kappa shape index (κ1) is 10.0. The molecular formula is C14H9F2N. The molecule has 0 bridgehead atoms. The Morgan fingerprint density at radius 2 is 1.59 bits per heavy atom. The monoisotopic (exact) mass is 229 g/mol. The van der Waals surface area contributed by atoms with E-state index in [1.165, 1.54) is 12.1 Å². The lowest BCUT2D eigenvalue weighted by Crippen LogP contribution is -1.83. The number of H-pyrrole nitrogens is 1. The Morgan fingerprint density at radius 1 is 0.882 bits per heavy atom. The molecule has 0 aliphatic rings. The Hall–Kier alpha value is -2.16. The molecule has 0 atom stereocenters. The molecule has 3 aromatic rings. The van der Waals surface area contributed by atoms with Gasteiger partial charge in [-0.25, -0.2) is 8.78 Å². The number of fused-ring (bicyclic) bond motifs is 1. The van der Waals surface area contributed by atoms with Crippen LogP contribution in [-0.2, 0) is 0 Å². The van der Waals surface area contributed by atoms with Gasteiger partial charge in [0, 0.05) is 28.7 Å². The highest BCUT2D eigenvalue weighted by molar-refractivity contribution is 5.95. The van der Waals surface area contributed by atoms with Gasteiger partial charge < -0.3 is 4.98 Å². The molecule has 1 N–H and O–H groups in total. The summed E-state index contributed by atoms with van der Waals surface area (Å²) in [5, 5.41) is 0.690. The highest BCUT2D eigenvalue weighted by atomic mass is 19.2. The standard InChI is InChI=1S/C14H9F2N/c15-12-6-10-11(9-4-2-1-3-5-9)8-17-14(10)7-13(12)16/h1-8,17H. The van der Waals surface area contributed by atoms with Crippen molar-refractivity contribution >= 4 is 10.9 Å². The van der Waals surface area contributed by atoms with Crippen LogP contribution in [-0.4, -0.2) is 4.98 Å². The average Bonchev–Trinajstić information content (AvgIpc) is 2.74. The van der Waals surface area contributed by atoms with E-state index >= 15 is 0 Å². The minimum absolute atomic E-state index is 0.600. The number of aromatic amines is 1. The molecule has 0 saturated carbocycles. The van der Waals surface area contributed by atoms with Crippen LogP contribution in [0.3, 0.4) is 0 Å². The summed E-state index contributed by atoms with van der Waals surface area (Å²) in [6.45, 7) is 0. The number of hydrogen-bond donors (Lipinski definition) is 1. The largest absolute Gasteiger partial charge is 0.360 e. The number of aromatic nitrogens is 1. The van der Waals surface area contributed by atoms with E-state index in [0.717, 1.165) is 11.1 Å². The molecule has 1 aromatic heterocycles. The second kappa shape index (κ2) is 3.70. The molecule has 84 valence electrons. The SMILES string of the molecule is Fc1cc2[nH]cc(-c3ccccc3)c2cc1F. The van der Waals surface area contributed by atoms with Gasteiger partial charge in [0.1, 0.15) is 0 Å². The summed E-state index contributed by atoms with van der Waals surface area (Å²) in [6, 6.07) is 12.0. The Bertz CT molecular complexity index is 671. The normalized spacial score (nSPS) is 10.9. The Morgan fingerprint density at radius 3 is 2.35 bits per heavy atom. The van der Waals surface area contributed by atoms with Gasteiger partial charge in [0.15, 0.2) is 11.6 Å². The second-order valence-electron chi connectivity index (χ2n) is 3.88. The summed E-state index contributed by atoms with van der Waals surface area (Å²) in [5.74, 6) is -1.66. The van der Waals surface area contributed by atoms with Crippen molar-refractivity contribution in [2.45, 2.75) is 0 Å². The van der Waals surface area contributed by atoms with Gasteiger partial charge >= 0.3 is 0 Å². The van der Waals surface area contributed by atoms with Crippen molar-refractivity contribution in [1.82, 2.24) is 4.98 Å². The first-order valence-electron chi connectivity index (χ1n) is 5.27. The number of hydrogen-bond acceptors (Lipinski definition) is 0. The smallest absolute Gasteiger partial charge is 0.160 e. The van der Waals surface area contributed by atoms with Crippen molar-refractivity contribution in [3.05, 3.63) is 60.3 Å². The predicted molar refractivity (Wildman–Crippen MR) is 63.7 cm³/mol. The highest BCUT2D eigenvalue weighted by Gasteiger charge is 2.10. The first-order chi connectivity index (χ1) is 8.25. The molecule has 1 heterocycles. The molecule has 0 amide bonds. The Labute approximate surface area is 96.7 Å². The fraction of sp³-hybridized carbons (Fsp3) is 0. The van der Waals surface area contributed by atoms with Crippen molar-refractivity contribution < 1.29 is 8.78 Å². The number of rotatable bonds is 1. The quantitative estimate of drug-likeness (QED) is 0.646. The summed E-state index contributed by atoms with van der Waals surface area (Å²) in [5.41, 5.74) is 2.45. The van der Waals surface area contributed by atoms with Crippen LogP contribution < -0.4 is 0 Å². The number of nitrogens with one attached hydrogen (secondary N) is 1. The van der Waals surface area contributed by atoms with Crippen LogP contribution in [0.25, 0.3) is 22.0 Å². The van der Waals surface area contributed by atoms with Gasteiger partial charge in [-0.15, -0.1) is 0 Å². The average molecular weight is 229 g/mol. The van der Waals surface area contributed by atoms with Crippen LogP contribution in [0.2, 0.25) is 0 Å². The third-order valence-corrected chi connectivity index (χ3v) is 2.81. The zero-order chi connectivity index (χ0) is 11.8. The van der Waals surface area contributed by atoms with Crippen LogP contribution in [0.15, 0.2) is 48.7 Å². The Balaban J connectivity index is 2.29. The van der Waals surface area contributed by atoms with E-state index in [-0.39, 0.29) is 0 Å². The molecule has 0 saturated heterocycles. The van der Waals surface area contributed by atoms with E-state index in [9.17, 15) is 8.78 Å². The lowest BCUT2D eigenvalue weighted by molar-refractivity contribution is 0.511. The van der Waals surface area contributed by atoms with Gasteiger partial charge in [-0.05, 0) is 11.6 Å². The van der Waals surface area contributed by atoms with Gasteiger partial charge in [-0.1, -0.05) is 30.3 Å². The van der Waals surface area contributed by atoms with E-state index in [1.807, 2.05) is 30.3 Å². The maximum Gasteiger partial charge on any atom is 0.160 e. The van der Waals surface area contributed by atoms with Crippen LogP contribution in [0.5, 0.6) is 0 Å². The third kappa shape index (κ3) is 1.60. The molecule has 3 heteroatoms. The van der Waals surface area contributed by atoms with Crippen LogP contribution >= 0.6 is 0 Å². The topological polar surface area (TPSA) is 15.8 Å². The minimum atomic E-state index is -0.834. The molecule has 0 unspecified atom stereocenters. The molecule has 17 heavy (non-hydrogen) atoms. The lowest BCUT2D eigenvalue weighted by atomic mass is 10.0. The maximum atomic E-state index is 13.2. The van der Waals surface area contributed by atoms with E-state index in [4.69, 9.17) is 0 Å². The van der Waals surface area contributed by atoms with Gasteiger partial charge in [0.2, 0.25) is 0 Å². The minimum Gasteiger partial charge on any atom is -0.360 e. The van der Waals surface area contributed by atoms with E-state index in [1.54, 1.807) is 6.20 Å². The number of halogens is 2. The van der Waals surface area contributed by atoms with Crippen molar-refractivity contribution in [3.8, 4) is 11.1 Å². The van der Waals surface area contributed by atoms with Crippen LogP contribution in [0.1, 0.15) is 0 Å². The lowest BCUT2D eigenvalue weighted by Gasteiger charge is -1.99. The van der Waals surface area contributed by atoms with Crippen molar-refractivity contribution in [1.29, 1.82) is 0 Å². The number of benzene rings is 2. The molecule has 1 nitrogen and oxygen atoms in total. The summed E-state index contributed by atoms with van der Waals surface area (Å²) in [4.78, 5) is 2.95. The molecule has 0 aliphatic carbocycles. The molecule has 0 spiro atoms.